The number of allylic oxidation sites excluding steroid dienone is 1. The smallest absolute Gasteiger partial charge is 0.192 e. The molecule has 146 valence electrons. The number of aliphatic hydroxyl groups excluding tert-OH is 1. The number of fused-ring (bicyclic) bond motifs is 5. The van der Waals surface area contributed by atoms with E-state index in [0.29, 0.717) is 11.8 Å². The highest BCUT2D eigenvalue weighted by Gasteiger charge is 2.61. The molecule has 0 saturated heterocycles. The van der Waals surface area contributed by atoms with Crippen molar-refractivity contribution in [2.45, 2.75) is 73.5 Å². The number of ketones is 1. The Bertz CT molecular complexity index is 640. The summed E-state index contributed by atoms with van der Waals surface area (Å²) in [5.41, 5.74) is 1.91. The van der Waals surface area contributed by atoms with E-state index in [2.05, 4.69) is 67.7 Å². The van der Waals surface area contributed by atoms with Crippen molar-refractivity contribution in [1.29, 1.82) is 0 Å². The Morgan fingerprint density at radius 3 is 2.54 bits per heavy atom. The van der Waals surface area contributed by atoms with E-state index < -0.39 is 2.14 Å². The number of hydrogen-bond acceptors (Lipinski definition) is 2. The molecule has 0 bridgehead atoms. The lowest BCUT2D eigenvalue weighted by atomic mass is 9.47. The molecule has 4 aliphatic rings. The second-order valence-electron chi connectivity index (χ2n) is 9.69. The summed E-state index contributed by atoms with van der Waals surface area (Å²) in [4.78, 5) is 13.0. The molecule has 7 atom stereocenters. The van der Waals surface area contributed by atoms with Crippen molar-refractivity contribution in [3.05, 3.63) is 11.6 Å². The Morgan fingerprint density at radius 2 is 1.85 bits per heavy atom. The summed E-state index contributed by atoms with van der Waals surface area (Å²) >= 11 is 10.4. The number of rotatable bonds is 1. The highest BCUT2D eigenvalue weighted by Crippen LogP contribution is 2.67. The fourth-order valence-electron chi connectivity index (χ4n) is 7.27. The zero-order valence-corrected chi connectivity index (χ0v) is 20.4. The molecule has 0 aromatic rings. The quantitative estimate of drug-likeness (QED) is 0.305. The fourth-order valence-corrected chi connectivity index (χ4v) is 8.10. The van der Waals surface area contributed by atoms with Crippen LogP contribution in [0.5, 0.6) is 0 Å². The van der Waals surface area contributed by atoms with Gasteiger partial charge in [0.25, 0.3) is 0 Å². The van der Waals surface area contributed by atoms with Gasteiger partial charge >= 0.3 is 0 Å². The highest BCUT2D eigenvalue weighted by molar-refractivity contribution is 9.40. The van der Waals surface area contributed by atoms with Crippen LogP contribution >= 0.6 is 47.8 Å². The van der Waals surface area contributed by atoms with Gasteiger partial charge in [0, 0.05) is 5.92 Å². The monoisotopic (exact) mass is 550 g/mol. The van der Waals surface area contributed by atoms with Crippen molar-refractivity contribution in [2.24, 2.45) is 34.5 Å². The standard InChI is InChI=1S/C21H29Br3O2/c1-19-9-7-13(25)11-12(19)3-4-14-15-5-6-17(18(26)21(22,23)24)20(15,2)10-8-16(14)19/h3,13-17,25H,4-11H2,1-2H3/t13-,14-,15-,16-,17+,19-,20-/m0/s1. The molecule has 0 unspecified atom stereocenters. The molecule has 0 heterocycles. The average Bonchev–Trinajstić information content (AvgIpc) is 2.91. The van der Waals surface area contributed by atoms with E-state index in [-0.39, 0.29) is 28.6 Å². The maximum atomic E-state index is 13.0. The van der Waals surface area contributed by atoms with Gasteiger partial charge in [-0.3, -0.25) is 4.79 Å². The lowest BCUT2D eigenvalue weighted by Gasteiger charge is -2.58. The molecule has 26 heavy (non-hydrogen) atoms. The molecule has 1 N–H and O–H groups in total. The first-order chi connectivity index (χ1) is 12.1. The van der Waals surface area contributed by atoms with Gasteiger partial charge in [-0.15, -0.1) is 0 Å². The van der Waals surface area contributed by atoms with Crippen molar-refractivity contribution in [3.63, 3.8) is 0 Å². The third-order valence-corrected chi connectivity index (χ3v) is 9.85. The molecule has 4 aliphatic carbocycles. The van der Waals surface area contributed by atoms with Gasteiger partial charge in [-0.2, -0.15) is 0 Å². The van der Waals surface area contributed by atoms with Crippen molar-refractivity contribution < 1.29 is 9.90 Å². The number of halogens is 3. The molecule has 0 spiro atoms. The molecule has 0 aliphatic heterocycles. The summed E-state index contributed by atoms with van der Waals surface area (Å²) in [6.45, 7) is 4.84. The molecule has 4 rings (SSSR count). The van der Waals surface area contributed by atoms with Gasteiger partial charge in [0.15, 0.2) is 7.93 Å². The van der Waals surface area contributed by atoms with Gasteiger partial charge in [-0.05, 0) is 80.0 Å². The van der Waals surface area contributed by atoms with Crippen molar-refractivity contribution >= 4 is 53.6 Å². The minimum Gasteiger partial charge on any atom is -0.393 e. The van der Waals surface area contributed by atoms with Gasteiger partial charge in [0.05, 0.1) is 6.10 Å². The van der Waals surface area contributed by atoms with Crippen LogP contribution in [-0.4, -0.2) is 19.1 Å². The maximum absolute atomic E-state index is 13.0. The molecule has 0 aromatic carbocycles. The SMILES string of the molecule is C[C@]12CC[C@H]3[C@@H](CC=C4C[C@@H](O)CC[C@@]43C)[C@@H]1CC[C@@H]2C(=O)C(Br)(Br)Br. The summed E-state index contributed by atoms with van der Waals surface area (Å²) in [6.07, 6.45) is 11.0. The van der Waals surface area contributed by atoms with E-state index in [1.807, 2.05) is 0 Å². The number of hydrogen-bond donors (Lipinski definition) is 1. The van der Waals surface area contributed by atoms with Crippen LogP contribution in [0.2, 0.25) is 0 Å². The molecule has 3 saturated carbocycles. The van der Waals surface area contributed by atoms with E-state index in [1.165, 1.54) is 18.4 Å². The van der Waals surface area contributed by atoms with E-state index >= 15 is 0 Å². The predicted octanol–water partition coefficient (Wildman–Crippen LogP) is 6.33. The summed E-state index contributed by atoms with van der Waals surface area (Å²) in [5, 5.41) is 10.1. The first-order valence-electron chi connectivity index (χ1n) is 10.1. The molecular formula is C21H29Br3O2. The summed E-state index contributed by atoms with van der Waals surface area (Å²) in [6, 6.07) is 0. The second kappa shape index (κ2) is 6.67. The van der Waals surface area contributed by atoms with Crippen LogP contribution in [0.3, 0.4) is 0 Å². The number of aliphatic hydroxyl groups is 1. The Balaban J connectivity index is 1.63. The first kappa shape index (κ1) is 20.1. The van der Waals surface area contributed by atoms with Crippen molar-refractivity contribution in [3.8, 4) is 0 Å². The Hall–Kier alpha value is 0.810. The second-order valence-corrected chi connectivity index (χ2v) is 16.5. The first-order valence-corrected chi connectivity index (χ1v) is 12.4. The van der Waals surface area contributed by atoms with Crippen LogP contribution in [0, 0.1) is 34.5 Å². The van der Waals surface area contributed by atoms with E-state index in [1.54, 1.807) is 0 Å². The van der Waals surface area contributed by atoms with E-state index in [0.717, 1.165) is 44.4 Å². The fraction of sp³-hybridized carbons (Fsp3) is 0.857. The van der Waals surface area contributed by atoms with Crippen LogP contribution in [0.4, 0.5) is 0 Å². The lowest BCUT2D eigenvalue weighted by Crippen LogP contribution is -2.51. The van der Waals surface area contributed by atoms with Gasteiger partial charge in [-0.25, -0.2) is 0 Å². The molecule has 0 amide bonds. The van der Waals surface area contributed by atoms with Crippen molar-refractivity contribution in [1.82, 2.24) is 0 Å². The van der Waals surface area contributed by atoms with Crippen LogP contribution in [0.25, 0.3) is 0 Å². The number of Topliss-reactive ketones (excluding diaryl/α,β-unsaturated/α-hetero) is 1. The number of alkyl halides is 3. The van der Waals surface area contributed by atoms with Crippen LogP contribution in [0.1, 0.15) is 65.2 Å². The Kier molecular flexibility index (Phi) is 5.15. The zero-order chi connectivity index (χ0) is 18.9. The Labute approximate surface area is 182 Å². The predicted molar refractivity (Wildman–Crippen MR) is 116 cm³/mol. The van der Waals surface area contributed by atoms with Gasteiger partial charge in [0.2, 0.25) is 0 Å². The summed E-state index contributed by atoms with van der Waals surface area (Å²) < 4.78 is -0.780. The molecule has 5 heteroatoms. The van der Waals surface area contributed by atoms with Gasteiger partial charge in [0.1, 0.15) is 0 Å². The van der Waals surface area contributed by atoms with Crippen LogP contribution < -0.4 is 0 Å². The maximum Gasteiger partial charge on any atom is 0.192 e. The lowest BCUT2D eigenvalue weighted by molar-refractivity contribution is -0.128. The van der Waals surface area contributed by atoms with E-state index in [9.17, 15) is 9.90 Å². The summed E-state index contributed by atoms with van der Waals surface area (Å²) in [5.74, 6) is 2.44. The van der Waals surface area contributed by atoms with Crippen LogP contribution in [0.15, 0.2) is 11.6 Å². The summed E-state index contributed by atoms with van der Waals surface area (Å²) in [7, 11) is 0. The topological polar surface area (TPSA) is 37.3 Å². The largest absolute Gasteiger partial charge is 0.393 e. The molecule has 3 fully saturated rings. The molecule has 0 aromatic heterocycles. The number of carbonyl (C=O) groups excluding carboxylic acids is 1. The molecular weight excluding hydrogens is 524 g/mol. The number of carbonyl (C=O) groups is 1. The van der Waals surface area contributed by atoms with Crippen LogP contribution in [-0.2, 0) is 4.79 Å². The minimum absolute atomic E-state index is 0.120. The van der Waals surface area contributed by atoms with Gasteiger partial charge in [-0.1, -0.05) is 73.3 Å². The van der Waals surface area contributed by atoms with Gasteiger partial charge < -0.3 is 5.11 Å². The highest BCUT2D eigenvalue weighted by atomic mass is 80.0. The third kappa shape index (κ3) is 2.97. The Morgan fingerprint density at radius 1 is 1.12 bits per heavy atom. The normalized spacial score (nSPS) is 48.2. The van der Waals surface area contributed by atoms with Crippen molar-refractivity contribution in [2.75, 3.05) is 0 Å². The minimum atomic E-state index is -0.780. The average molecular weight is 553 g/mol. The van der Waals surface area contributed by atoms with E-state index in [4.69, 9.17) is 0 Å². The molecule has 0 radical (unpaired) electrons. The zero-order valence-electron chi connectivity index (χ0n) is 15.6. The third-order valence-electron chi connectivity index (χ3n) is 8.67. The molecule has 2 nitrogen and oxygen atoms in total.